The fraction of sp³-hybridized carbons (Fsp3) is 0.385. The van der Waals surface area contributed by atoms with Crippen molar-refractivity contribution < 1.29 is 4.74 Å². The molecule has 0 spiro atoms. The van der Waals surface area contributed by atoms with E-state index in [9.17, 15) is 0 Å². The van der Waals surface area contributed by atoms with Gasteiger partial charge in [-0.05, 0) is 82.0 Å². The van der Waals surface area contributed by atoms with Crippen LogP contribution in [0.2, 0.25) is 5.02 Å². The van der Waals surface area contributed by atoms with E-state index in [0.29, 0.717) is 22.8 Å². The zero-order valence-corrected chi connectivity index (χ0v) is 20.5. The van der Waals surface area contributed by atoms with Crippen molar-refractivity contribution in [2.45, 2.75) is 59.1 Å². The lowest BCUT2D eigenvalue weighted by Crippen LogP contribution is -2.27. The largest absolute Gasteiger partial charge is 0.489 e. The van der Waals surface area contributed by atoms with Crippen LogP contribution in [0.5, 0.6) is 5.75 Å². The molecule has 174 valence electrons. The molecular formula is C26H32ClN5O. The third-order valence-electron chi connectivity index (χ3n) is 5.81. The number of anilines is 4. The van der Waals surface area contributed by atoms with Crippen LogP contribution in [0.1, 0.15) is 55.8 Å². The second-order valence-corrected chi connectivity index (χ2v) is 9.24. The Labute approximate surface area is 201 Å². The van der Waals surface area contributed by atoms with Crippen molar-refractivity contribution in [3.63, 3.8) is 0 Å². The summed E-state index contributed by atoms with van der Waals surface area (Å²) in [5, 5.41) is 10.8. The molecule has 33 heavy (non-hydrogen) atoms. The maximum atomic E-state index is 6.39. The number of hydrogen-bond donors (Lipinski definition) is 3. The highest BCUT2D eigenvalue weighted by molar-refractivity contribution is 6.32. The summed E-state index contributed by atoms with van der Waals surface area (Å²) in [7, 11) is 0. The first-order valence-electron chi connectivity index (χ1n) is 11.6. The Morgan fingerprint density at radius 3 is 2.61 bits per heavy atom. The average molecular weight is 466 g/mol. The molecule has 0 unspecified atom stereocenters. The normalized spacial score (nSPS) is 16.0. The molecule has 4 rings (SSSR count). The molecule has 1 aliphatic rings. The molecule has 7 heteroatoms. The monoisotopic (exact) mass is 465 g/mol. The Kier molecular flexibility index (Phi) is 7.36. The molecule has 2 heterocycles. The van der Waals surface area contributed by atoms with Crippen molar-refractivity contribution in [2.75, 3.05) is 17.2 Å². The Morgan fingerprint density at radius 1 is 1.06 bits per heavy atom. The molecule has 0 saturated carbocycles. The first-order valence-corrected chi connectivity index (χ1v) is 12.0. The quantitative estimate of drug-likeness (QED) is 0.355. The van der Waals surface area contributed by atoms with E-state index in [1.54, 1.807) is 6.20 Å². The molecule has 0 radical (unpaired) electrons. The van der Waals surface area contributed by atoms with E-state index in [-0.39, 0.29) is 6.10 Å². The Morgan fingerprint density at radius 2 is 1.88 bits per heavy atom. The molecule has 1 aromatic heterocycles. The molecule has 0 aliphatic carbocycles. The van der Waals surface area contributed by atoms with Crippen LogP contribution in [0.4, 0.5) is 23.1 Å². The van der Waals surface area contributed by atoms with Gasteiger partial charge in [-0.3, -0.25) is 0 Å². The fourth-order valence-electron chi connectivity index (χ4n) is 4.12. The van der Waals surface area contributed by atoms with Crippen LogP contribution >= 0.6 is 11.6 Å². The van der Waals surface area contributed by atoms with Gasteiger partial charge in [-0.1, -0.05) is 36.2 Å². The summed E-state index contributed by atoms with van der Waals surface area (Å²) in [4.78, 5) is 9.03. The molecule has 3 aromatic rings. The number of hydrogen-bond acceptors (Lipinski definition) is 6. The van der Waals surface area contributed by atoms with E-state index in [4.69, 9.17) is 16.3 Å². The molecule has 6 nitrogen and oxygen atoms in total. The highest BCUT2D eigenvalue weighted by Crippen LogP contribution is 2.36. The SMILES string of the molecule is Cc1ccccc1Nc1nc(Nc2cc(C)c([C@@H]3CCCCN3)cc2OC(C)C)ncc1Cl. The maximum Gasteiger partial charge on any atom is 0.229 e. The van der Waals surface area contributed by atoms with Crippen molar-refractivity contribution in [1.29, 1.82) is 0 Å². The second kappa shape index (κ2) is 10.4. The van der Waals surface area contributed by atoms with Gasteiger partial charge < -0.3 is 20.7 Å². The van der Waals surface area contributed by atoms with E-state index in [1.807, 2.05) is 45.0 Å². The summed E-state index contributed by atoms with van der Waals surface area (Å²) in [5.74, 6) is 1.80. The minimum absolute atomic E-state index is 0.0461. The lowest BCUT2D eigenvalue weighted by atomic mass is 9.93. The fourth-order valence-corrected chi connectivity index (χ4v) is 4.26. The summed E-state index contributed by atoms with van der Waals surface area (Å²) in [6.45, 7) is 9.30. The van der Waals surface area contributed by atoms with Gasteiger partial charge in [0.05, 0.1) is 18.0 Å². The Hall–Kier alpha value is -2.83. The first kappa shape index (κ1) is 23.3. The molecule has 0 bridgehead atoms. The number of aryl methyl sites for hydroxylation is 2. The van der Waals surface area contributed by atoms with Gasteiger partial charge in [-0.2, -0.15) is 4.98 Å². The van der Waals surface area contributed by atoms with Gasteiger partial charge in [-0.15, -0.1) is 0 Å². The number of ether oxygens (including phenoxy) is 1. The zero-order valence-electron chi connectivity index (χ0n) is 19.7. The third-order valence-corrected chi connectivity index (χ3v) is 6.08. The summed E-state index contributed by atoms with van der Waals surface area (Å²) >= 11 is 6.39. The average Bonchev–Trinajstić information content (AvgIpc) is 2.79. The number of benzene rings is 2. The van der Waals surface area contributed by atoms with Gasteiger partial charge in [0.2, 0.25) is 5.95 Å². The van der Waals surface area contributed by atoms with Gasteiger partial charge in [0.1, 0.15) is 10.8 Å². The molecule has 1 fully saturated rings. The number of para-hydroxylation sites is 1. The van der Waals surface area contributed by atoms with Gasteiger partial charge >= 0.3 is 0 Å². The van der Waals surface area contributed by atoms with Crippen molar-refractivity contribution in [3.8, 4) is 5.75 Å². The zero-order chi connectivity index (χ0) is 23.4. The number of rotatable bonds is 7. The lowest BCUT2D eigenvalue weighted by Gasteiger charge is -2.27. The predicted octanol–water partition coefficient (Wildman–Crippen LogP) is 6.84. The Bertz CT molecular complexity index is 1110. The number of halogens is 1. The summed E-state index contributed by atoms with van der Waals surface area (Å²) in [5.41, 5.74) is 5.39. The molecule has 1 aliphatic heterocycles. The van der Waals surface area contributed by atoms with E-state index < -0.39 is 0 Å². The van der Waals surface area contributed by atoms with Crippen LogP contribution in [0.25, 0.3) is 0 Å². The van der Waals surface area contributed by atoms with E-state index in [0.717, 1.165) is 35.7 Å². The van der Waals surface area contributed by atoms with Crippen molar-refractivity contribution in [1.82, 2.24) is 15.3 Å². The predicted molar refractivity (Wildman–Crippen MR) is 136 cm³/mol. The van der Waals surface area contributed by atoms with Crippen LogP contribution in [0.15, 0.2) is 42.6 Å². The smallest absolute Gasteiger partial charge is 0.229 e. The first-order chi connectivity index (χ1) is 15.9. The highest BCUT2D eigenvalue weighted by atomic mass is 35.5. The van der Waals surface area contributed by atoms with Crippen LogP contribution in [-0.4, -0.2) is 22.6 Å². The van der Waals surface area contributed by atoms with Crippen molar-refractivity contribution in [2.24, 2.45) is 0 Å². The van der Waals surface area contributed by atoms with Gasteiger partial charge in [0.15, 0.2) is 5.82 Å². The van der Waals surface area contributed by atoms with Gasteiger partial charge in [-0.25, -0.2) is 4.98 Å². The lowest BCUT2D eigenvalue weighted by molar-refractivity contribution is 0.243. The molecule has 1 atom stereocenters. The van der Waals surface area contributed by atoms with Crippen LogP contribution in [-0.2, 0) is 0 Å². The Balaban J connectivity index is 1.63. The van der Waals surface area contributed by atoms with E-state index >= 15 is 0 Å². The number of nitrogens with zero attached hydrogens (tertiary/aromatic N) is 2. The molecular weight excluding hydrogens is 434 g/mol. The summed E-state index contributed by atoms with van der Waals surface area (Å²) in [6, 6.07) is 12.6. The van der Waals surface area contributed by atoms with E-state index in [2.05, 4.69) is 45.0 Å². The maximum absolute atomic E-state index is 6.39. The number of piperidine rings is 1. The van der Waals surface area contributed by atoms with Gasteiger partial charge in [0, 0.05) is 11.7 Å². The van der Waals surface area contributed by atoms with Crippen LogP contribution in [0.3, 0.4) is 0 Å². The van der Waals surface area contributed by atoms with E-state index in [1.165, 1.54) is 24.0 Å². The molecule has 1 saturated heterocycles. The topological polar surface area (TPSA) is 71.1 Å². The van der Waals surface area contributed by atoms with Crippen molar-refractivity contribution in [3.05, 3.63) is 64.3 Å². The van der Waals surface area contributed by atoms with Crippen molar-refractivity contribution >= 4 is 34.7 Å². The highest BCUT2D eigenvalue weighted by Gasteiger charge is 2.20. The third kappa shape index (κ3) is 5.75. The van der Waals surface area contributed by atoms with Crippen LogP contribution < -0.4 is 20.7 Å². The number of aromatic nitrogens is 2. The number of nitrogens with one attached hydrogen (secondary N) is 3. The molecule has 2 aromatic carbocycles. The minimum atomic E-state index is 0.0461. The summed E-state index contributed by atoms with van der Waals surface area (Å²) < 4.78 is 6.18. The minimum Gasteiger partial charge on any atom is -0.489 e. The molecule has 0 amide bonds. The molecule has 3 N–H and O–H groups in total. The second-order valence-electron chi connectivity index (χ2n) is 8.83. The van der Waals surface area contributed by atoms with Gasteiger partial charge in [0.25, 0.3) is 0 Å². The summed E-state index contributed by atoms with van der Waals surface area (Å²) in [6.07, 6.45) is 5.27. The standard InChI is InChI=1S/C26H32ClN5O/c1-16(2)33-24-14-19(22-11-7-8-12-28-22)18(4)13-23(24)31-26-29-15-20(27)25(32-26)30-21-10-6-5-9-17(21)3/h5-6,9-10,13-16,22,28H,7-8,11-12H2,1-4H3,(H2,29,30,31,32)/t22-/m0/s1. The van der Waals surface area contributed by atoms with Crippen LogP contribution in [0, 0.1) is 13.8 Å².